The molecule has 0 saturated carbocycles. The summed E-state index contributed by atoms with van der Waals surface area (Å²) >= 11 is 0. The third kappa shape index (κ3) is 5.18. The highest BCUT2D eigenvalue weighted by Gasteiger charge is 2.31. The Bertz CT molecular complexity index is 1050. The van der Waals surface area contributed by atoms with Crippen LogP contribution in [0.3, 0.4) is 0 Å². The number of hydrogen-bond donors (Lipinski definition) is 0. The van der Waals surface area contributed by atoms with Gasteiger partial charge in [-0.3, -0.25) is 4.79 Å². The van der Waals surface area contributed by atoms with Crippen LogP contribution in [-0.4, -0.2) is 10.9 Å². The molecule has 0 aliphatic heterocycles. The number of pyridine rings is 1. The summed E-state index contributed by atoms with van der Waals surface area (Å²) in [6.07, 6.45) is -9.35. The standard InChI is InChI=1S/C20H13F6NO2/c21-19(22,23)15-4-1-3-13(11-15)12-27-17(5-2-6-18(27)28)14-7-9-16(10-8-14)29-20(24,25)26/h1-11H,12H2. The number of nitrogens with zero attached hydrogens (tertiary/aromatic N) is 1. The SMILES string of the molecule is O=c1cccc(-c2ccc(OC(F)(F)F)cc2)n1Cc1cccc(C(F)(F)F)c1. The van der Waals surface area contributed by atoms with Gasteiger partial charge in [-0.25, -0.2) is 0 Å². The van der Waals surface area contributed by atoms with Crippen LogP contribution < -0.4 is 10.3 Å². The smallest absolute Gasteiger partial charge is 0.406 e. The summed E-state index contributed by atoms with van der Waals surface area (Å²) in [7, 11) is 0. The average molecular weight is 413 g/mol. The van der Waals surface area contributed by atoms with Gasteiger partial charge in [0.05, 0.1) is 17.8 Å². The fourth-order valence-electron chi connectivity index (χ4n) is 2.79. The van der Waals surface area contributed by atoms with Crippen LogP contribution >= 0.6 is 0 Å². The molecule has 0 N–H and O–H groups in total. The Morgan fingerprint density at radius 3 is 2.10 bits per heavy atom. The fraction of sp³-hybridized carbons (Fsp3) is 0.150. The molecule has 152 valence electrons. The van der Waals surface area contributed by atoms with Crippen molar-refractivity contribution in [2.75, 3.05) is 0 Å². The molecule has 0 unspecified atom stereocenters. The predicted octanol–water partition coefficient (Wildman–Crippen LogP) is 5.48. The molecule has 0 bridgehead atoms. The topological polar surface area (TPSA) is 31.2 Å². The molecule has 9 heteroatoms. The van der Waals surface area contributed by atoms with Gasteiger partial charge in [-0.1, -0.05) is 18.2 Å². The molecule has 0 saturated heterocycles. The zero-order valence-electron chi connectivity index (χ0n) is 14.6. The quantitative estimate of drug-likeness (QED) is 0.531. The summed E-state index contributed by atoms with van der Waals surface area (Å²) in [5.41, 5.74) is -0.297. The van der Waals surface area contributed by atoms with E-state index in [1.165, 1.54) is 41.0 Å². The zero-order valence-corrected chi connectivity index (χ0v) is 14.6. The van der Waals surface area contributed by atoms with Crippen molar-refractivity contribution in [2.24, 2.45) is 0 Å². The molecule has 0 fully saturated rings. The normalized spacial score (nSPS) is 12.1. The Hall–Kier alpha value is -3.23. The van der Waals surface area contributed by atoms with Crippen molar-refractivity contribution in [3.05, 3.63) is 88.2 Å². The van der Waals surface area contributed by atoms with Crippen LogP contribution in [0.2, 0.25) is 0 Å². The Kier molecular flexibility index (Phi) is 5.41. The minimum Gasteiger partial charge on any atom is -0.406 e. The number of ether oxygens (including phenoxy) is 1. The van der Waals surface area contributed by atoms with E-state index in [9.17, 15) is 31.1 Å². The van der Waals surface area contributed by atoms with E-state index in [4.69, 9.17) is 0 Å². The van der Waals surface area contributed by atoms with Crippen molar-refractivity contribution >= 4 is 0 Å². The molecule has 3 aromatic rings. The third-order valence-electron chi connectivity index (χ3n) is 4.03. The van der Waals surface area contributed by atoms with E-state index in [1.807, 2.05) is 0 Å². The molecule has 3 nitrogen and oxygen atoms in total. The van der Waals surface area contributed by atoms with E-state index in [-0.39, 0.29) is 12.1 Å². The maximum atomic E-state index is 12.9. The summed E-state index contributed by atoms with van der Waals surface area (Å²) in [4.78, 5) is 12.3. The fourth-order valence-corrected chi connectivity index (χ4v) is 2.79. The Morgan fingerprint density at radius 2 is 1.48 bits per heavy atom. The van der Waals surface area contributed by atoms with Crippen molar-refractivity contribution in [1.29, 1.82) is 0 Å². The molecule has 0 atom stereocenters. The molecule has 1 aromatic heterocycles. The largest absolute Gasteiger partial charge is 0.573 e. The highest BCUT2D eigenvalue weighted by Crippen LogP contribution is 2.30. The van der Waals surface area contributed by atoms with Crippen LogP contribution in [0, 0.1) is 0 Å². The molecule has 0 aliphatic rings. The van der Waals surface area contributed by atoms with Crippen LogP contribution in [-0.2, 0) is 12.7 Å². The molecule has 0 amide bonds. The monoisotopic (exact) mass is 413 g/mol. The molecule has 2 aromatic carbocycles. The summed E-state index contributed by atoms with van der Waals surface area (Å²) in [5, 5.41) is 0. The van der Waals surface area contributed by atoms with Gasteiger partial charge in [0.25, 0.3) is 5.56 Å². The molecular weight excluding hydrogens is 400 g/mol. The van der Waals surface area contributed by atoms with Crippen molar-refractivity contribution < 1.29 is 31.1 Å². The number of rotatable bonds is 4. The maximum Gasteiger partial charge on any atom is 0.573 e. The summed E-state index contributed by atoms with van der Waals surface area (Å²) in [6.45, 7) is -0.139. The first-order chi connectivity index (χ1) is 13.5. The summed E-state index contributed by atoms with van der Waals surface area (Å²) in [5.74, 6) is -0.427. The van der Waals surface area contributed by atoms with E-state index < -0.39 is 29.4 Å². The van der Waals surface area contributed by atoms with Gasteiger partial charge >= 0.3 is 12.5 Å². The molecule has 3 rings (SSSR count). The molecule has 0 aliphatic carbocycles. The average Bonchev–Trinajstić information content (AvgIpc) is 2.62. The van der Waals surface area contributed by atoms with Crippen LogP contribution in [0.15, 0.2) is 71.5 Å². The maximum absolute atomic E-state index is 12.9. The number of halogens is 6. The van der Waals surface area contributed by atoms with Crippen LogP contribution in [0.5, 0.6) is 5.75 Å². The van der Waals surface area contributed by atoms with E-state index in [2.05, 4.69) is 4.74 Å². The van der Waals surface area contributed by atoms with Crippen molar-refractivity contribution in [1.82, 2.24) is 4.57 Å². The van der Waals surface area contributed by atoms with Gasteiger partial charge in [0.2, 0.25) is 0 Å². The molecular formula is C20H13F6NO2. The minimum absolute atomic E-state index is 0.139. The first-order valence-corrected chi connectivity index (χ1v) is 8.25. The van der Waals surface area contributed by atoms with E-state index in [1.54, 1.807) is 6.07 Å². The van der Waals surface area contributed by atoms with E-state index in [0.29, 0.717) is 11.3 Å². The lowest BCUT2D eigenvalue weighted by atomic mass is 10.1. The Labute approximate surface area is 160 Å². The lowest BCUT2D eigenvalue weighted by Crippen LogP contribution is -2.21. The summed E-state index contributed by atoms with van der Waals surface area (Å²) < 4.78 is 80.7. The second kappa shape index (κ2) is 7.65. The first-order valence-electron chi connectivity index (χ1n) is 8.25. The highest BCUT2D eigenvalue weighted by atomic mass is 19.4. The number of hydrogen-bond acceptors (Lipinski definition) is 2. The van der Waals surface area contributed by atoms with Crippen LogP contribution in [0.4, 0.5) is 26.3 Å². The van der Waals surface area contributed by atoms with Crippen molar-refractivity contribution in [2.45, 2.75) is 19.1 Å². The number of benzene rings is 2. The van der Waals surface area contributed by atoms with Crippen LogP contribution in [0.1, 0.15) is 11.1 Å². The summed E-state index contributed by atoms with van der Waals surface area (Å²) in [6, 6.07) is 13.7. The predicted molar refractivity (Wildman–Crippen MR) is 93.4 cm³/mol. The molecule has 29 heavy (non-hydrogen) atoms. The molecule has 0 radical (unpaired) electrons. The highest BCUT2D eigenvalue weighted by molar-refractivity contribution is 5.60. The van der Waals surface area contributed by atoms with E-state index in [0.717, 1.165) is 24.3 Å². The van der Waals surface area contributed by atoms with Gasteiger partial charge in [-0.15, -0.1) is 13.2 Å². The zero-order chi connectivity index (χ0) is 21.2. The van der Waals surface area contributed by atoms with Gasteiger partial charge in [-0.05, 0) is 53.6 Å². The third-order valence-corrected chi connectivity index (χ3v) is 4.03. The second-order valence-corrected chi connectivity index (χ2v) is 6.11. The van der Waals surface area contributed by atoms with Gasteiger partial charge < -0.3 is 9.30 Å². The van der Waals surface area contributed by atoms with Gasteiger partial charge in [0.15, 0.2) is 0 Å². The Morgan fingerprint density at radius 1 is 0.828 bits per heavy atom. The van der Waals surface area contributed by atoms with Gasteiger partial charge in [-0.2, -0.15) is 13.2 Å². The van der Waals surface area contributed by atoms with Gasteiger partial charge in [0.1, 0.15) is 5.75 Å². The molecule has 0 spiro atoms. The van der Waals surface area contributed by atoms with Gasteiger partial charge in [0, 0.05) is 6.07 Å². The van der Waals surface area contributed by atoms with Crippen molar-refractivity contribution in [3.63, 3.8) is 0 Å². The lowest BCUT2D eigenvalue weighted by molar-refractivity contribution is -0.274. The Balaban J connectivity index is 1.96. The lowest BCUT2D eigenvalue weighted by Gasteiger charge is -2.15. The van der Waals surface area contributed by atoms with E-state index >= 15 is 0 Å². The van der Waals surface area contributed by atoms with Crippen LogP contribution in [0.25, 0.3) is 11.3 Å². The molecule has 1 heterocycles. The number of alkyl halides is 6. The first kappa shape index (κ1) is 20.5. The second-order valence-electron chi connectivity index (χ2n) is 6.11. The number of aromatic nitrogens is 1. The van der Waals surface area contributed by atoms with Crippen molar-refractivity contribution in [3.8, 4) is 17.0 Å². The minimum atomic E-state index is -4.83.